The van der Waals surface area contributed by atoms with E-state index >= 15 is 0 Å². The normalized spacial score (nSPS) is 20.5. The van der Waals surface area contributed by atoms with Crippen LogP contribution in [-0.4, -0.2) is 59.5 Å². The van der Waals surface area contributed by atoms with Gasteiger partial charge in [-0.2, -0.15) is 5.10 Å². The van der Waals surface area contributed by atoms with E-state index in [9.17, 15) is 0 Å². The minimum Gasteiger partial charge on any atom is -0.493 e. The van der Waals surface area contributed by atoms with E-state index in [1.165, 1.54) is 24.0 Å². The lowest BCUT2D eigenvalue weighted by Gasteiger charge is -2.41. The molecular weight excluding hydrogens is 388 g/mol. The summed E-state index contributed by atoms with van der Waals surface area (Å²) >= 11 is 6.47. The molecule has 4 rings (SSSR count). The maximum Gasteiger partial charge on any atom is 0.161 e. The molecule has 1 saturated heterocycles. The number of nitrogens with zero attached hydrogens (tertiary/aromatic N) is 4. The summed E-state index contributed by atoms with van der Waals surface area (Å²) in [6, 6.07) is 4.87. The van der Waals surface area contributed by atoms with Crippen molar-refractivity contribution in [3.63, 3.8) is 0 Å². The standard InChI is InChI=1S/C22H31ClN4O2/c1-15-19(22(23)25(2)24-15)14-26-8-5-6-18(13-26)27-9-7-16-10-20(28-3)21(29-4)11-17(16)12-27/h10-11,18H,5-9,12-14H2,1-4H3. The summed E-state index contributed by atoms with van der Waals surface area (Å²) in [7, 11) is 5.31. The second-order valence-electron chi connectivity index (χ2n) is 8.21. The topological polar surface area (TPSA) is 42.8 Å². The molecular formula is C22H31ClN4O2. The average Bonchev–Trinajstić information content (AvgIpc) is 2.98. The summed E-state index contributed by atoms with van der Waals surface area (Å²) in [5.74, 6) is 1.65. The number of hydrogen-bond acceptors (Lipinski definition) is 5. The Morgan fingerprint density at radius 1 is 1.14 bits per heavy atom. The number of likely N-dealkylation sites (tertiary alicyclic amines) is 1. The van der Waals surface area contributed by atoms with Gasteiger partial charge in [-0.3, -0.25) is 14.5 Å². The lowest BCUT2D eigenvalue weighted by Crippen LogP contribution is -2.49. The van der Waals surface area contributed by atoms with Crippen LogP contribution in [-0.2, 0) is 26.6 Å². The lowest BCUT2D eigenvalue weighted by molar-refractivity contribution is 0.0836. The van der Waals surface area contributed by atoms with E-state index in [0.717, 1.165) is 67.1 Å². The van der Waals surface area contributed by atoms with Crippen molar-refractivity contribution in [3.05, 3.63) is 39.7 Å². The summed E-state index contributed by atoms with van der Waals surface area (Å²) < 4.78 is 12.8. The number of ether oxygens (including phenoxy) is 2. The van der Waals surface area contributed by atoms with Crippen molar-refractivity contribution in [1.82, 2.24) is 19.6 Å². The Bertz CT molecular complexity index is 882. The van der Waals surface area contributed by atoms with Crippen molar-refractivity contribution in [3.8, 4) is 11.5 Å². The van der Waals surface area contributed by atoms with Crippen LogP contribution in [0.1, 0.15) is 35.2 Å². The van der Waals surface area contributed by atoms with E-state index in [2.05, 4.69) is 27.0 Å². The third-order valence-corrected chi connectivity index (χ3v) is 6.87. The van der Waals surface area contributed by atoms with Crippen LogP contribution >= 0.6 is 11.6 Å². The zero-order valence-corrected chi connectivity index (χ0v) is 18.6. The van der Waals surface area contributed by atoms with Crippen LogP contribution in [0.3, 0.4) is 0 Å². The molecule has 29 heavy (non-hydrogen) atoms. The summed E-state index contributed by atoms with van der Waals surface area (Å²) in [4.78, 5) is 5.17. The van der Waals surface area contributed by atoms with Crippen LogP contribution < -0.4 is 9.47 Å². The van der Waals surface area contributed by atoms with Gasteiger partial charge in [0.1, 0.15) is 5.15 Å². The molecule has 2 aliphatic rings. The first-order chi connectivity index (χ1) is 14.0. The van der Waals surface area contributed by atoms with Gasteiger partial charge in [0.15, 0.2) is 11.5 Å². The summed E-state index contributed by atoms with van der Waals surface area (Å²) in [5, 5.41) is 5.23. The smallest absolute Gasteiger partial charge is 0.161 e. The van der Waals surface area contributed by atoms with Crippen molar-refractivity contribution in [2.75, 3.05) is 33.9 Å². The number of hydrogen-bond donors (Lipinski definition) is 0. The Hall–Kier alpha value is -1.76. The molecule has 0 N–H and O–H groups in total. The Balaban J connectivity index is 1.45. The number of aromatic nitrogens is 2. The van der Waals surface area contributed by atoms with Crippen molar-refractivity contribution in [2.45, 2.75) is 45.3 Å². The Labute approximate surface area is 178 Å². The predicted octanol–water partition coefficient (Wildman–Crippen LogP) is 3.42. The molecule has 0 bridgehead atoms. The predicted molar refractivity (Wildman–Crippen MR) is 115 cm³/mol. The molecule has 0 saturated carbocycles. The van der Waals surface area contributed by atoms with E-state index < -0.39 is 0 Å². The van der Waals surface area contributed by atoms with Crippen molar-refractivity contribution in [2.24, 2.45) is 7.05 Å². The number of piperidine rings is 1. The van der Waals surface area contributed by atoms with E-state index in [1.807, 2.05) is 14.0 Å². The largest absolute Gasteiger partial charge is 0.493 e. The van der Waals surface area contributed by atoms with Gasteiger partial charge < -0.3 is 9.47 Å². The van der Waals surface area contributed by atoms with Crippen molar-refractivity contribution < 1.29 is 9.47 Å². The van der Waals surface area contributed by atoms with Gasteiger partial charge in [-0.1, -0.05) is 11.6 Å². The summed E-state index contributed by atoms with van der Waals surface area (Å²) in [6.45, 7) is 7.19. The van der Waals surface area contributed by atoms with E-state index in [-0.39, 0.29) is 0 Å². The molecule has 158 valence electrons. The molecule has 1 unspecified atom stereocenters. The van der Waals surface area contributed by atoms with Gasteiger partial charge >= 0.3 is 0 Å². The summed E-state index contributed by atoms with van der Waals surface area (Å²) in [6.07, 6.45) is 3.52. The molecule has 7 heteroatoms. The molecule has 0 aliphatic carbocycles. The quantitative estimate of drug-likeness (QED) is 0.744. The van der Waals surface area contributed by atoms with Crippen LogP contribution in [0.25, 0.3) is 0 Å². The monoisotopic (exact) mass is 418 g/mol. The molecule has 6 nitrogen and oxygen atoms in total. The molecule has 0 amide bonds. The first-order valence-corrected chi connectivity index (χ1v) is 10.8. The van der Waals surface area contributed by atoms with E-state index in [4.69, 9.17) is 21.1 Å². The first-order valence-electron chi connectivity index (χ1n) is 10.4. The molecule has 1 aromatic heterocycles. The fourth-order valence-electron chi connectivity index (χ4n) is 4.77. The van der Waals surface area contributed by atoms with Gasteiger partial charge in [0.05, 0.1) is 19.9 Å². The van der Waals surface area contributed by atoms with Gasteiger partial charge in [0.2, 0.25) is 0 Å². The van der Waals surface area contributed by atoms with Crippen molar-refractivity contribution in [1.29, 1.82) is 0 Å². The molecule has 0 spiro atoms. The SMILES string of the molecule is COc1cc2c(cc1OC)CN(C1CCCN(Cc3c(C)nn(C)c3Cl)C1)CC2. The maximum absolute atomic E-state index is 6.47. The number of aryl methyl sites for hydroxylation is 2. The van der Waals surface area contributed by atoms with Crippen LogP contribution in [0.4, 0.5) is 0 Å². The second kappa shape index (κ2) is 8.54. The van der Waals surface area contributed by atoms with Crippen molar-refractivity contribution >= 4 is 11.6 Å². The highest BCUT2D eigenvalue weighted by Crippen LogP contribution is 2.34. The molecule has 0 radical (unpaired) electrons. The molecule has 1 fully saturated rings. The second-order valence-corrected chi connectivity index (χ2v) is 8.56. The highest BCUT2D eigenvalue weighted by molar-refractivity contribution is 6.30. The third kappa shape index (κ3) is 4.11. The van der Waals surface area contributed by atoms with Crippen LogP contribution in [0.15, 0.2) is 12.1 Å². The van der Waals surface area contributed by atoms with Crippen LogP contribution in [0.2, 0.25) is 5.15 Å². The zero-order chi connectivity index (χ0) is 20.5. The molecule has 1 atom stereocenters. The number of halogens is 1. The third-order valence-electron chi connectivity index (χ3n) is 6.40. The maximum atomic E-state index is 6.47. The minimum atomic E-state index is 0.570. The van der Waals surface area contributed by atoms with Gasteiger partial charge in [-0.15, -0.1) is 0 Å². The van der Waals surface area contributed by atoms with E-state index in [0.29, 0.717) is 6.04 Å². The lowest BCUT2D eigenvalue weighted by atomic mass is 9.95. The molecule has 1 aromatic carbocycles. The molecule has 3 heterocycles. The summed E-state index contributed by atoms with van der Waals surface area (Å²) in [5.41, 5.74) is 4.93. The van der Waals surface area contributed by atoms with Gasteiger partial charge in [-0.05, 0) is 56.0 Å². The Kier molecular flexibility index (Phi) is 6.04. The highest BCUT2D eigenvalue weighted by atomic mass is 35.5. The Morgan fingerprint density at radius 3 is 2.52 bits per heavy atom. The number of benzene rings is 1. The first kappa shape index (κ1) is 20.5. The Morgan fingerprint density at radius 2 is 1.86 bits per heavy atom. The van der Waals surface area contributed by atoms with Gasteiger partial charge in [-0.25, -0.2) is 0 Å². The van der Waals surface area contributed by atoms with Gasteiger partial charge in [0.25, 0.3) is 0 Å². The molecule has 2 aliphatic heterocycles. The number of rotatable bonds is 5. The zero-order valence-electron chi connectivity index (χ0n) is 17.9. The number of fused-ring (bicyclic) bond motifs is 1. The van der Waals surface area contributed by atoms with Crippen LogP contribution in [0, 0.1) is 6.92 Å². The minimum absolute atomic E-state index is 0.570. The highest BCUT2D eigenvalue weighted by Gasteiger charge is 2.29. The molecule has 2 aromatic rings. The van der Waals surface area contributed by atoms with Crippen LogP contribution in [0.5, 0.6) is 11.5 Å². The average molecular weight is 419 g/mol. The fraction of sp³-hybridized carbons (Fsp3) is 0.591. The fourth-order valence-corrected chi connectivity index (χ4v) is 5.00. The number of methoxy groups -OCH3 is 2. The van der Waals surface area contributed by atoms with E-state index in [1.54, 1.807) is 18.9 Å². The van der Waals surface area contributed by atoms with Gasteiger partial charge in [0, 0.05) is 44.8 Å².